The summed E-state index contributed by atoms with van der Waals surface area (Å²) < 4.78 is 34.4. The molecule has 0 spiro atoms. The minimum atomic E-state index is -3.34. The molecule has 0 N–H and O–H groups in total. The monoisotopic (exact) mass is 298 g/mol. The van der Waals surface area contributed by atoms with Crippen LogP contribution in [-0.4, -0.2) is 39.6 Å². The van der Waals surface area contributed by atoms with E-state index in [-0.39, 0.29) is 17.4 Å². The number of carbonyl (C=O) groups is 1. The van der Waals surface area contributed by atoms with Gasteiger partial charge in [-0.15, -0.1) is 0 Å². The van der Waals surface area contributed by atoms with Crippen molar-refractivity contribution in [1.29, 1.82) is 0 Å². The van der Waals surface area contributed by atoms with Crippen LogP contribution in [0.5, 0.6) is 5.75 Å². The van der Waals surface area contributed by atoms with Crippen LogP contribution in [0.1, 0.15) is 18.4 Å². The van der Waals surface area contributed by atoms with Crippen LogP contribution in [-0.2, 0) is 19.4 Å². The Morgan fingerprint density at radius 3 is 2.85 bits per heavy atom. The van der Waals surface area contributed by atoms with E-state index in [0.29, 0.717) is 6.61 Å². The Hall–Kier alpha value is -1.56. The van der Waals surface area contributed by atoms with Gasteiger partial charge in [-0.2, -0.15) is 0 Å². The van der Waals surface area contributed by atoms with E-state index in [1.54, 1.807) is 6.92 Å². The van der Waals surface area contributed by atoms with Crippen LogP contribution in [0.3, 0.4) is 0 Å². The van der Waals surface area contributed by atoms with Gasteiger partial charge in [0.25, 0.3) is 0 Å². The fourth-order valence-corrected chi connectivity index (χ4v) is 4.31. The van der Waals surface area contributed by atoms with Crippen LogP contribution in [0.25, 0.3) is 0 Å². The van der Waals surface area contributed by atoms with Gasteiger partial charge >= 0.3 is 5.97 Å². The fraction of sp³-hybridized carbons (Fsp3) is 0.500. The van der Waals surface area contributed by atoms with E-state index < -0.39 is 21.7 Å². The van der Waals surface area contributed by atoms with E-state index >= 15 is 0 Å². The summed E-state index contributed by atoms with van der Waals surface area (Å²) in [7, 11) is -2.09. The molecular weight excluding hydrogens is 280 g/mol. The maximum atomic E-state index is 12.2. The minimum Gasteiger partial charge on any atom is -0.493 e. The van der Waals surface area contributed by atoms with E-state index in [1.807, 2.05) is 24.3 Å². The smallest absolute Gasteiger partial charge is 0.309 e. The molecule has 0 aromatic heterocycles. The van der Waals surface area contributed by atoms with Crippen molar-refractivity contribution in [3.8, 4) is 5.75 Å². The molecule has 0 amide bonds. The summed E-state index contributed by atoms with van der Waals surface area (Å²) in [6.07, 6.45) is 0. The Balaban J connectivity index is 2.05. The van der Waals surface area contributed by atoms with Gasteiger partial charge in [0.2, 0.25) is 0 Å². The van der Waals surface area contributed by atoms with Crippen LogP contribution in [0.4, 0.5) is 0 Å². The highest BCUT2D eigenvalue weighted by Crippen LogP contribution is 2.34. The van der Waals surface area contributed by atoms with Gasteiger partial charge in [-0.1, -0.05) is 25.1 Å². The van der Waals surface area contributed by atoms with Crippen LogP contribution in [0, 0.1) is 5.92 Å². The number of esters is 1. The molecule has 2 rings (SSSR count). The first kappa shape index (κ1) is 14.8. The number of sulfone groups is 1. The lowest BCUT2D eigenvalue weighted by molar-refractivity contribution is -0.144. The molecule has 0 saturated heterocycles. The predicted octanol–water partition coefficient (Wildman–Crippen LogP) is 1.39. The Labute approximate surface area is 118 Å². The molecule has 20 heavy (non-hydrogen) atoms. The second kappa shape index (κ2) is 5.83. The van der Waals surface area contributed by atoms with Crippen molar-refractivity contribution in [2.75, 3.05) is 25.2 Å². The first-order valence-corrected chi connectivity index (χ1v) is 8.25. The zero-order chi connectivity index (χ0) is 14.8. The second-order valence-electron chi connectivity index (χ2n) is 5.05. The zero-order valence-electron chi connectivity index (χ0n) is 11.5. The largest absolute Gasteiger partial charge is 0.493 e. The van der Waals surface area contributed by atoms with E-state index in [1.165, 1.54) is 7.11 Å². The number of rotatable bonds is 5. The molecule has 110 valence electrons. The predicted molar refractivity (Wildman–Crippen MR) is 74.5 cm³/mol. The Bertz CT molecular complexity index is 593. The van der Waals surface area contributed by atoms with Crippen LogP contribution in [0.15, 0.2) is 24.3 Å². The highest BCUT2D eigenvalue weighted by molar-refractivity contribution is 7.91. The molecule has 0 radical (unpaired) electrons. The Kier molecular flexibility index (Phi) is 4.32. The number of hydrogen-bond acceptors (Lipinski definition) is 5. The number of hydrogen-bond donors (Lipinski definition) is 0. The molecule has 2 atom stereocenters. The number of para-hydroxylation sites is 1. The summed E-state index contributed by atoms with van der Waals surface area (Å²) in [5.74, 6) is -0.780. The molecule has 2 unspecified atom stereocenters. The lowest BCUT2D eigenvalue weighted by atomic mass is 10.0. The van der Waals surface area contributed by atoms with E-state index in [9.17, 15) is 13.2 Å². The summed E-state index contributed by atoms with van der Waals surface area (Å²) in [4.78, 5) is 11.3. The average molecular weight is 298 g/mol. The van der Waals surface area contributed by atoms with Crippen molar-refractivity contribution < 1.29 is 22.7 Å². The Morgan fingerprint density at radius 1 is 1.45 bits per heavy atom. The highest BCUT2D eigenvalue weighted by atomic mass is 32.2. The first-order valence-electron chi connectivity index (χ1n) is 6.43. The summed E-state index contributed by atoms with van der Waals surface area (Å²) in [5, 5.41) is 0. The summed E-state index contributed by atoms with van der Waals surface area (Å²) in [6, 6.07) is 7.44. The van der Waals surface area contributed by atoms with Crippen molar-refractivity contribution >= 4 is 15.8 Å². The molecule has 5 nitrogen and oxygen atoms in total. The average Bonchev–Trinajstić information content (AvgIpc) is 2.80. The van der Waals surface area contributed by atoms with Gasteiger partial charge in [-0.05, 0) is 6.07 Å². The van der Waals surface area contributed by atoms with Crippen LogP contribution in [0.2, 0.25) is 0 Å². The SMILES string of the molecule is COC(=O)C(C)CS(=O)(=O)CC1COc2ccccc21. The van der Waals surface area contributed by atoms with Gasteiger partial charge < -0.3 is 9.47 Å². The van der Waals surface area contributed by atoms with Crippen molar-refractivity contribution in [3.05, 3.63) is 29.8 Å². The maximum absolute atomic E-state index is 12.2. The molecule has 1 aliphatic rings. The summed E-state index contributed by atoms with van der Waals surface area (Å²) in [6.45, 7) is 1.92. The molecule has 0 bridgehead atoms. The Morgan fingerprint density at radius 2 is 2.15 bits per heavy atom. The molecule has 1 heterocycles. The lowest BCUT2D eigenvalue weighted by Gasteiger charge is -2.13. The lowest BCUT2D eigenvalue weighted by Crippen LogP contribution is -2.26. The summed E-state index contributed by atoms with van der Waals surface area (Å²) in [5.41, 5.74) is 0.918. The van der Waals surface area contributed by atoms with E-state index in [4.69, 9.17) is 4.74 Å². The van der Waals surface area contributed by atoms with Gasteiger partial charge in [0, 0.05) is 11.5 Å². The topological polar surface area (TPSA) is 69.7 Å². The van der Waals surface area contributed by atoms with E-state index in [0.717, 1.165) is 11.3 Å². The minimum absolute atomic E-state index is 0.00858. The molecule has 6 heteroatoms. The zero-order valence-corrected chi connectivity index (χ0v) is 12.4. The van der Waals surface area contributed by atoms with Gasteiger partial charge in [0.15, 0.2) is 9.84 Å². The van der Waals surface area contributed by atoms with Crippen LogP contribution >= 0.6 is 0 Å². The molecular formula is C14H18O5S. The molecule has 1 aromatic carbocycles. The number of carbonyl (C=O) groups excluding carboxylic acids is 1. The fourth-order valence-electron chi connectivity index (χ4n) is 2.39. The van der Waals surface area contributed by atoms with E-state index in [2.05, 4.69) is 4.74 Å². The highest BCUT2D eigenvalue weighted by Gasteiger charge is 2.30. The standard InChI is InChI=1S/C14H18O5S/c1-10(14(15)18-2)8-20(16,17)9-11-7-19-13-6-4-3-5-12(11)13/h3-6,10-11H,7-9H2,1-2H3. The third kappa shape index (κ3) is 3.30. The van der Waals surface area contributed by atoms with Crippen molar-refractivity contribution in [3.63, 3.8) is 0 Å². The maximum Gasteiger partial charge on any atom is 0.309 e. The van der Waals surface area contributed by atoms with Gasteiger partial charge in [0.05, 0.1) is 31.1 Å². The van der Waals surface area contributed by atoms with Crippen molar-refractivity contribution in [2.45, 2.75) is 12.8 Å². The third-order valence-corrected chi connectivity index (χ3v) is 5.28. The molecule has 0 fully saturated rings. The van der Waals surface area contributed by atoms with Gasteiger partial charge in [0.1, 0.15) is 5.75 Å². The number of fused-ring (bicyclic) bond motifs is 1. The quantitative estimate of drug-likeness (QED) is 0.768. The van der Waals surface area contributed by atoms with Gasteiger partial charge in [-0.25, -0.2) is 8.42 Å². The second-order valence-corrected chi connectivity index (χ2v) is 7.20. The van der Waals surface area contributed by atoms with Crippen molar-refractivity contribution in [1.82, 2.24) is 0 Å². The molecule has 1 aromatic rings. The van der Waals surface area contributed by atoms with Crippen molar-refractivity contribution in [2.24, 2.45) is 5.92 Å². The molecule has 0 saturated carbocycles. The normalized spacial score (nSPS) is 19.0. The van der Waals surface area contributed by atoms with Crippen LogP contribution < -0.4 is 4.74 Å². The third-order valence-electron chi connectivity index (χ3n) is 3.36. The number of ether oxygens (including phenoxy) is 2. The number of methoxy groups -OCH3 is 1. The summed E-state index contributed by atoms with van der Waals surface area (Å²) >= 11 is 0. The molecule has 1 aliphatic heterocycles. The number of benzene rings is 1. The van der Waals surface area contributed by atoms with Gasteiger partial charge in [-0.3, -0.25) is 4.79 Å². The first-order chi connectivity index (χ1) is 9.43. The molecule has 0 aliphatic carbocycles.